The molecular formula is C16H21FN2O. The largest absolute Gasteiger partial charge is 0.342 e. The van der Waals surface area contributed by atoms with Gasteiger partial charge in [0.1, 0.15) is 5.82 Å². The third-order valence-electron chi connectivity index (χ3n) is 2.98. The Morgan fingerprint density at radius 3 is 2.75 bits per heavy atom. The van der Waals surface area contributed by atoms with Crippen molar-refractivity contribution in [3.63, 3.8) is 0 Å². The van der Waals surface area contributed by atoms with Crippen molar-refractivity contribution in [1.29, 1.82) is 0 Å². The van der Waals surface area contributed by atoms with Gasteiger partial charge < -0.3 is 10.6 Å². The lowest BCUT2D eigenvalue weighted by molar-refractivity contribution is 0.0788. The van der Waals surface area contributed by atoms with E-state index in [-0.39, 0.29) is 18.0 Å². The zero-order chi connectivity index (χ0) is 15.0. The molecule has 0 aliphatic carbocycles. The van der Waals surface area contributed by atoms with Crippen molar-refractivity contribution >= 4 is 5.91 Å². The zero-order valence-corrected chi connectivity index (χ0v) is 12.1. The Kier molecular flexibility index (Phi) is 6.75. The topological polar surface area (TPSA) is 46.3 Å². The van der Waals surface area contributed by atoms with Crippen molar-refractivity contribution in [1.82, 2.24) is 4.90 Å². The first-order chi connectivity index (χ1) is 9.60. The number of hydrogen-bond acceptors (Lipinski definition) is 2. The van der Waals surface area contributed by atoms with E-state index in [1.54, 1.807) is 18.0 Å². The molecule has 3 nitrogen and oxygen atoms in total. The van der Waals surface area contributed by atoms with E-state index >= 15 is 0 Å². The quantitative estimate of drug-likeness (QED) is 0.663. The van der Waals surface area contributed by atoms with Crippen molar-refractivity contribution in [3.05, 3.63) is 35.1 Å². The van der Waals surface area contributed by atoms with Crippen LogP contribution in [0.5, 0.6) is 0 Å². The minimum absolute atomic E-state index is 0.0855. The Bertz CT molecular complexity index is 517. The molecule has 0 saturated heterocycles. The summed E-state index contributed by atoms with van der Waals surface area (Å²) in [6.45, 7) is 2.96. The van der Waals surface area contributed by atoms with Gasteiger partial charge in [-0.15, -0.1) is 0 Å². The third kappa shape index (κ3) is 4.67. The van der Waals surface area contributed by atoms with Crippen LogP contribution >= 0.6 is 0 Å². The van der Waals surface area contributed by atoms with Crippen LogP contribution in [0.15, 0.2) is 18.2 Å². The summed E-state index contributed by atoms with van der Waals surface area (Å²) in [7, 11) is 1.69. The number of amides is 1. The van der Waals surface area contributed by atoms with E-state index in [0.29, 0.717) is 12.1 Å². The van der Waals surface area contributed by atoms with E-state index < -0.39 is 5.82 Å². The monoisotopic (exact) mass is 276 g/mol. The average Bonchev–Trinajstić information content (AvgIpc) is 2.44. The van der Waals surface area contributed by atoms with Gasteiger partial charge in [-0.05, 0) is 24.6 Å². The first-order valence-electron chi connectivity index (χ1n) is 6.84. The van der Waals surface area contributed by atoms with Gasteiger partial charge in [0.25, 0.3) is 5.91 Å². The lowest BCUT2D eigenvalue weighted by Crippen LogP contribution is -2.28. The van der Waals surface area contributed by atoms with Gasteiger partial charge in [-0.25, -0.2) is 4.39 Å². The Morgan fingerprint density at radius 1 is 1.40 bits per heavy atom. The zero-order valence-electron chi connectivity index (χ0n) is 12.1. The minimum Gasteiger partial charge on any atom is -0.342 e. The minimum atomic E-state index is -0.541. The van der Waals surface area contributed by atoms with Gasteiger partial charge in [0.05, 0.1) is 12.1 Å². The fraction of sp³-hybridized carbons (Fsp3) is 0.438. The Balaban J connectivity index is 2.78. The van der Waals surface area contributed by atoms with Gasteiger partial charge in [0, 0.05) is 19.2 Å². The molecule has 1 aromatic carbocycles. The number of benzene rings is 1. The maximum Gasteiger partial charge on any atom is 0.256 e. The SMILES string of the molecule is CCCCCN(C)C(=O)c1ccc(C#CCN)cc1F. The third-order valence-corrected chi connectivity index (χ3v) is 2.98. The van der Waals surface area contributed by atoms with Gasteiger partial charge in [0.15, 0.2) is 0 Å². The van der Waals surface area contributed by atoms with E-state index in [2.05, 4.69) is 18.8 Å². The normalized spacial score (nSPS) is 9.80. The number of halogens is 1. The summed E-state index contributed by atoms with van der Waals surface area (Å²) in [5.41, 5.74) is 5.87. The van der Waals surface area contributed by atoms with Crippen molar-refractivity contribution in [2.75, 3.05) is 20.1 Å². The Labute approximate surface area is 120 Å². The van der Waals surface area contributed by atoms with E-state index in [0.717, 1.165) is 19.3 Å². The number of nitrogens with two attached hydrogens (primary N) is 1. The molecule has 1 rings (SSSR count). The van der Waals surface area contributed by atoms with Crippen molar-refractivity contribution in [3.8, 4) is 11.8 Å². The molecule has 1 amide bonds. The first kappa shape index (κ1) is 16.2. The number of hydrogen-bond donors (Lipinski definition) is 1. The Morgan fingerprint density at radius 2 is 2.15 bits per heavy atom. The number of unbranched alkanes of at least 4 members (excludes halogenated alkanes) is 2. The van der Waals surface area contributed by atoms with Crippen LogP contribution in [0.4, 0.5) is 4.39 Å². The summed E-state index contributed by atoms with van der Waals surface area (Å²) in [5.74, 6) is 4.56. The molecule has 0 radical (unpaired) electrons. The molecule has 0 saturated carbocycles. The highest BCUT2D eigenvalue weighted by molar-refractivity contribution is 5.94. The molecule has 0 aliphatic heterocycles. The van der Waals surface area contributed by atoms with Crippen LogP contribution in [0, 0.1) is 17.7 Å². The summed E-state index contributed by atoms with van der Waals surface area (Å²) in [6, 6.07) is 4.39. The van der Waals surface area contributed by atoms with Crippen LogP contribution < -0.4 is 5.73 Å². The van der Waals surface area contributed by atoms with Crippen LogP contribution in [-0.2, 0) is 0 Å². The molecule has 0 bridgehead atoms. The molecule has 0 fully saturated rings. The summed E-state index contributed by atoms with van der Waals surface area (Å²) in [4.78, 5) is 13.7. The maximum atomic E-state index is 13.9. The number of carbonyl (C=O) groups is 1. The van der Waals surface area contributed by atoms with Gasteiger partial charge in [-0.1, -0.05) is 31.6 Å². The molecule has 0 spiro atoms. The van der Waals surface area contributed by atoms with Crippen LogP contribution in [0.25, 0.3) is 0 Å². The number of rotatable bonds is 5. The van der Waals surface area contributed by atoms with Gasteiger partial charge in [0.2, 0.25) is 0 Å². The van der Waals surface area contributed by atoms with Crippen LogP contribution in [0.2, 0.25) is 0 Å². The van der Waals surface area contributed by atoms with Crippen LogP contribution in [0.1, 0.15) is 42.1 Å². The van der Waals surface area contributed by atoms with E-state index in [9.17, 15) is 9.18 Å². The van der Waals surface area contributed by atoms with Crippen molar-refractivity contribution in [2.45, 2.75) is 26.2 Å². The fourth-order valence-corrected chi connectivity index (χ4v) is 1.83. The highest BCUT2D eigenvalue weighted by atomic mass is 19.1. The first-order valence-corrected chi connectivity index (χ1v) is 6.84. The lowest BCUT2D eigenvalue weighted by Gasteiger charge is -2.17. The van der Waals surface area contributed by atoms with Crippen molar-refractivity contribution < 1.29 is 9.18 Å². The molecule has 1 aromatic rings. The molecular weight excluding hydrogens is 255 g/mol. The molecule has 4 heteroatoms. The Hall–Kier alpha value is -1.86. The second-order valence-electron chi connectivity index (χ2n) is 4.63. The molecule has 0 atom stereocenters. The van der Waals surface area contributed by atoms with Gasteiger partial charge in [-0.3, -0.25) is 4.79 Å². The molecule has 20 heavy (non-hydrogen) atoms. The number of nitrogens with zero attached hydrogens (tertiary/aromatic N) is 1. The predicted octanol–water partition coefficient (Wildman–Crippen LogP) is 2.40. The summed E-state index contributed by atoms with van der Waals surface area (Å²) in [5, 5.41) is 0. The second-order valence-corrected chi connectivity index (χ2v) is 4.63. The fourth-order valence-electron chi connectivity index (χ4n) is 1.83. The number of carbonyl (C=O) groups excluding carboxylic acids is 1. The van der Waals surface area contributed by atoms with Crippen molar-refractivity contribution in [2.24, 2.45) is 5.73 Å². The molecule has 0 aromatic heterocycles. The average molecular weight is 276 g/mol. The standard InChI is InChI=1S/C16H21FN2O/c1-3-4-5-11-19(2)16(20)14-9-8-13(7-6-10-18)12-15(14)17/h8-9,12H,3-5,10-11,18H2,1-2H3. The summed E-state index contributed by atoms with van der Waals surface area (Å²) < 4.78 is 13.9. The molecule has 0 heterocycles. The molecule has 108 valence electrons. The predicted molar refractivity (Wildman–Crippen MR) is 78.8 cm³/mol. The van der Waals surface area contributed by atoms with Crippen LogP contribution in [-0.4, -0.2) is 30.9 Å². The smallest absolute Gasteiger partial charge is 0.256 e. The highest BCUT2D eigenvalue weighted by Crippen LogP contribution is 2.12. The summed E-state index contributed by atoms with van der Waals surface area (Å²) in [6.07, 6.45) is 3.08. The molecule has 0 unspecified atom stereocenters. The molecule has 2 N–H and O–H groups in total. The highest BCUT2D eigenvalue weighted by Gasteiger charge is 2.15. The van der Waals surface area contributed by atoms with E-state index in [1.165, 1.54) is 12.1 Å². The van der Waals surface area contributed by atoms with E-state index in [1.807, 2.05) is 0 Å². The second kappa shape index (κ2) is 8.34. The summed E-state index contributed by atoms with van der Waals surface area (Å²) >= 11 is 0. The van der Waals surface area contributed by atoms with Crippen LogP contribution in [0.3, 0.4) is 0 Å². The molecule has 0 aliphatic rings. The maximum absolute atomic E-state index is 13.9. The lowest BCUT2D eigenvalue weighted by atomic mass is 10.1. The van der Waals surface area contributed by atoms with Gasteiger partial charge in [-0.2, -0.15) is 0 Å². The van der Waals surface area contributed by atoms with Gasteiger partial charge >= 0.3 is 0 Å². The van der Waals surface area contributed by atoms with E-state index in [4.69, 9.17) is 5.73 Å².